The Kier molecular flexibility index (Phi) is 8.45. The van der Waals surface area contributed by atoms with E-state index in [1.54, 1.807) is 12.1 Å². The third kappa shape index (κ3) is 6.70. The number of unbranched alkanes of at least 4 members (excludes halogenated alkanes) is 1. The second-order valence-corrected chi connectivity index (χ2v) is 7.08. The second-order valence-electron chi connectivity index (χ2n) is 7.08. The lowest BCUT2D eigenvalue weighted by Gasteiger charge is -2.27. The predicted octanol–water partition coefficient (Wildman–Crippen LogP) is 4.14. The molecule has 5 nitrogen and oxygen atoms in total. The zero-order valence-corrected chi connectivity index (χ0v) is 16.1. The topological polar surface area (TPSA) is 67.4 Å². The lowest BCUT2D eigenvalue weighted by molar-refractivity contribution is -0.128. The van der Waals surface area contributed by atoms with E-state index in [1.165, 1.54) is 19.3 Å². The average Bonchev–Trinajstić information content (AvgIpc) is 2.66. The van der Waals surface area contributed by atoms with E-state index in [0.29, 0.717) is 12.3 Å². The van der Waals surface area contributed by atoms with Crippen LogP contribution in [0.4, 0.5) is 5.69 Å². The molecule has 0 bridgehead atoms. The first-order valence-electron chi connectivity index (χ1n) is 9.92. The van der Waals surface area contributed by atoms with Gasteiger partial charge in [-0.1, -0.05) is 26.2 Å². The van der Waals surface area contributed by atoms with Crippen molar-refractivity contribution in [2.75, 3.05) is 18.5 Å². The van der Waals surface area contributed by atoms with Crippen molar-refractivity contribution in [3.05, 3.63) is 24.3 Å². The molecule has 1 aliphatic rings. The van der Waals surface area contributed by atoms with E-state index in [2.05, 4.69) is 17.6 Å². The summed E-state index contributed by atoms with van der Waals surface area (Å²) in [6.45, 7) is 4.77. The smallest absolute Gasteiger partial charge is 0.243 e. The van der Waals surface area contributed by atoms with Crippen LogP contribution in [-0.4, -0.2) is 25.0 Å². The van der Waals surface area contributed by atoms with E-state index < -0.39 is 0 Å². The highest BCUT2D eigenvalue weighted by molar-refractivity contribution is 5.94. The minimum absolute atomic E-state index is 0.0146. The van der Waals surface area contributed by atoms with Crippen LogP contribution in [0.1, 0.15) is 58.8 Å². The van der Waals surface area contributed by atoms with Gasteiger partial charge in [0.05, 0.1) is 13.2 Å². The fourth-order valence-electron chi connectivity index (χ4n) is 3.52. The Labute approximate surface area is 156 Å². The third-order valence-electron chi connectivity index (χ3n) is 5.06. The fraction of sp³-hybridized carbons (Fsp3) is 0.619. The Morgan fingerprint density at radius 3 is 2.38 bits per heavy atom. The molecule has 0 aromatic heterocycles. The van der Waals surface area contributed by atoms with Gasteiger partial charge in [0, 0.05) is 11.6 Å². The first kappa shape index (κ1) is 20.3. The van der Waals surface area contributed by atoms with Crippen molar-refractivity contribution in [3.8, 4) is 5.75 Å². The van der Waals surface area contributed by atoms with Gasteiger partial charge in [0.15, 0.2) is 0 Å². The van der Waals surface area contributed by atoms with Crippen LogP contribution in [0.3, 0.4) is 0 Å². The summed E-state index contributed by atoms with van der Waals surface area (Å²) in [6.07, 6.45) is 7.97. The number of ether oxygens (including phenoxy) is 1. The zero-order valence-electron chi connectivity index (χ0n) is 16.1. The van der Waals surface area contributed by atoms with Gasteiger partial charge in [0.1, 0.15) is 5.75 Å². The van der Waals surface area contributed by atoms with Crippen LogP contribution in [0.2, 0.25) is 0 Å². The zero-order chi connectivity index (χ0) is 18.8. The highest BCUT2D eigenvalue weighted by Crippen LogP contribution is 2.31. The molecule has 26 heavy (non-hydrogen) atoms. The SMILES string of the molecule is CCCCC1CCC(C(=O)NCC(=O)Nc2ccc(OCC)cc2)CC1. The van der Waals surface area contributed by atoms with Crippen molar-refractivity contribution in [1.82, 2.24) is 5.32 Å². The first-order valence-corrected chi connectivity index (χ1v) is 9.92. The minimum atomic E-state index is -0.209. The van der Waals surface area contributed by atoms with Gasteiger partial charge < -0.3 is 15.4 Å². The molecule has 1 aliphatic carbocycles. The number of amides is 2. The lowest BCUT2D eigenvalue weighted by Crippen LogP contribution is -2.38. The second kappa shape index (κ2) is 10.8. The molecule has 0 spiro atoms. The summed E-state index contributed by atoms with van der Waals surface area (Å²) in [5, 5.41) is 5.58. The third-order valence-corrected chi connectivity index (χ3v) is 5.06. The van der Waals surface area contributed by atoms with Crippen molar-refractivity contribution in [2.45, 2.75) is 58.8 Å². The highest BCUT2D eigenvalue weighted by Gasteiger charge is 2.26. The molecule has 0 unspecified atom stereocenters. The van der Waals surface area contributed by atoms with Gasteiger partial charge in [-0.25, -0.2) is 0 Å². The predicted molar refractivity (Wildman–Crippen MR) is 104 cm³/mol. The summed E-state index contributed by atoms with van der Waals surface area (Å²) >= 11 is 0. The molecule has 0 radical (unpaired) electrons. The maximum atomic E-state index is 12.3. The molecule has 1 aromatic carbocycles. The molecular weight excluding hydrogens is 328 g/mol. The highest BCUT2D eigenvalue weighted by atomic mass is 16.5. The summed E-state index contributed by atoms with van der Waals surface area (Å²) in [6, 6.07) is 7.22. The molecule has 1 fully saturated rings. The molecule has 0 atom stereocenters. The molecular formula is C21H32N2O3. The van der Waals surface area contributed by atoms with Gasteiger partial charge in [-0.05, 0) is 62.8 Å². The summed E-state index contributed by atoms with van der Waals surface area (Å²) in [4.78, 5) is 24.3. The van der Waals surface area contributed by atoms with Crippen molar-refractivity contribution >= 4 is 17.5 Å². The van der Waals surface area contributed by atoms with Crippen molar-refractivity contribution in [3.63, 3.8) is 0 Å². The molecule has 1 aromatic rings. The van der Waals surface area contributed by atoms with Crippen LogP contribution in [0.25, 0.3) is 0 Å². The Bertz CT molecular complexity index is 563. The monoisotopic (exact) mass is 360 g/mol. The van der Waals surface area contributed by atoms with E-state index in [4.69, 9.17) is 4.74 Å². The van der Waals surface area contributed by atoms with E-state index in [-0.39, 0.29) is 24.3 Å². The number of hydrogen-bond acceptors (Lipinski definition) is 3. The maximum Gasteiger partial charge on any atom is 0.243 e. The minimum Gasteiger partial charge on any atom is -0.494 e. The van der Waals surface area contributed by atoms with Gasteiger partial charge >= 0.3 is 0 Å². The molecule has 2 amide bonds. The Hall–Kier alpha value is -2.04. The molecule has 0 heterocycles. The molecule has 144 valence electrons. The number of rotatable bonds is 9. The molecule has 0 aliphatic heterocycles. The Balaban J connectivity index is 1.68. The molecule has 2 N–H and O–H groups in total. The van der Waals surface area contributed by atoms with Gasteiger partial charge in [-0.2, -0.15) is 0 Å². The number of benzene rings is 1. The summed E-state index contributed by atoms with van der Waals surface area (Å²) < 4.78 is 5.37. The Morgan fingerprint density at radius 2 is 1.77 bits per heavy atom. The normalized spacial score (nSPS) is 19.6. The van der Waals surface area contributed by atoms with Gasteiger partial charge in [-0.15, -0.1) is 0 Å². The van der Waals surface area contributed by atoms with Crippen molar-refractivity contribution < 1.29 is 14.3 Å². The number of carbonyl (C=O) groups is 2. The van der Waals surface area contributed by atoms with E-state index in [1.807, 2.05) is 19.1 Å². The molecule has 5 heteroatoms. The van der Waals surface area contributed by atoms with Crippen LogP contribution < -0.4 is 15.4 Å². The van der Waals surface area contributed by atoms with Crippen LogP contribution in [0, 0.1) is 11.8 Å². The van der Waals surface area contributed by atoms with E-state index in [0.717, 1.165) is 37.4 Å². The number of anilines is 1. The van der Waals surface area contributed by atoms with Crippen molar-refractivity contribution in [1.29, 1.82) is 0 Å². The van der Waals surface area contributed by atoms with E-state index in [9.17, 15) is 9.59 Å². The average molecular weight is 360 g/mol. The van der Waals surface area contributed by atoms with Crippen LogP contribution in [-0.2, 0) is 9.59 Å². The number of carbonyl (C=O) groups excluding carboxylic acids is 2. The van der Waals surface area contributed by atoms with Crippen LogP contribution in [0.15, 0.2) is 24.3 Å². The summed E-state index contributed by atoms with van der Waals surface area (Å²) in [5.41, 5.74) is 0.698. The fourth-order valence-corrected chi connectivity index (χ4v) is 3.52. The van der Waals surface area contributed by atoms with Gasteiger partial charge in [0.2, 0.25) is 11.8 Å². The first-order chi connectivity index (χ1) is 12.6. The maximum absolute atomic E-state index is 12.3. The number of nitrogens with one attached hydrogen (secondary N) is 2. The lowest BCUT2D eigenvalue weighted by atomic mass is 9.79. The van der Waals surface area contributed by atoms with Crippen LogP contribution in [0.5, 0.6) is 5.75 Å². The standard InChI is InChI=1S/C21H32N2O3/c1-3-5-6-16-7-9-17(10-8-16)21(25)22-15-20(24)23-18-11-13-19(14-12-18)26-4-2/h11-14,16-17H,3-10,15H2,1-2H3,(H,22,25)(H,23,24). The van der Waals surface area contributed by atoms with E-state index >= 15 is 0 Å². The van der Waals surface area contributed by atoms with Crippen molar-refractivity contribution in [2.24, 2.45) is 11.8 Å². The van der Waals surface area contributed by atoms with Crippen LogP contribution >= 0.6 is 0 Å². The Morgan fingerprint density at radius 1 is 1.08 bits per heavy atom. The number of hydrogen-bond donors (Lipinski definition) is 2. The quantitative estimate of drug-likeness (QED) is 0.695. The summed E-state index contributed by atoms with van der Waals surface area (Å²) in [5.74, 6) is 1.42. The largest absolute Gasteiger partial charge is 0.494 e. The van der Waals surface area contributed by atoms with Gasteiger partial charge in [0.25, 0.3) is 0 Å². The molecule has 1 saturated carbocycles. The summed E-state index contributed by atoms with van der Waals surface area (Å²) in [7, 11) is 0. The molecule has 0 saturated heterocycles. The van der Waals surface area contributed by atoms with Gasteiger partial charge in [-0.3, -0.25) is 9.59 Å². The molecule has 2 rings (SSSR count).